The Labute approximate surface area is 140 Å². The maximum Gasteiger partial charge on any atom is 0.253 e. The standard InChI is InChI=1S/C15H18N6O.ClH/c22-15(20-6-5-12-7-16-8-13(12)9-20)11-1-3-14(4-2-11)21-10-17-18-19-21;/h1-4,10,12-13,16H,5-9H2;1H. The van der Waals surface area contributed by atoms with Gasteiger partial charge in [-0.3, -0.25) is 4.79 Å². The Bertz CT molecular complexity index is 659. The lowest BCUT2D eigenvalue weighted by molar-refractivity contribution is 0.0642. The first-order chi connectivity index (χ1) is 10.8. The molecule has 2 aliphatic heterocycles. The fourth-order valence-electron chi connectivity index (χ4n) is 3.44. The van der Waals surface area contributed by atoms with Gasteiger partial charge in [-0.05, 0) is 66.0 Å². The topological polar surface area (TPSA) is 75.9 Å². The highest BCUT2D eigenvalue weighted by Crippen LogP contribution is 2.27. The minimum absolute atomic E-state index is 0. The summed E-state index contributed by atoms with van der Waals surface area (Å²) in [6.45, 7) is 3.86. The molecule has 2 fully saturated rings. The molecule has 1 N–H and O–H groups in total. The third kappa shape index (κ3) is 3.07. The van der Waals surface area contributed by atoms with Crippen molar-refractivity contribution in [1.29, 1.82) is 0 Å². The fourth-order valence-corrected chi connectivity index (χ4v) is 3.44. The molecule has 8 heteroatoms. The lowest BCUT2D eigenvalue weighted by Crippen LogP contribution is -2.43. The molecule has 1 amide bonds. The van der Waals surface area contributed by atoms with Gasteiger partial charge in [0.25, 0.3) is 5.91 Å². The minimum Gasteiger partial charge on any atom is -0.338 e. The summed E-state index contributed by atoms with van der Waals surface area (Å²) in [7, 11) is 0. The number of rotatable bonds is 2. The number of carbonyl (C=O) groups excluding carboxylic acids is 1. The summed E-state index contributed by atoms with van der Waals surface area (Å²) in [5.74, 6) is 1.47. The number of nitrogens with one attached hydrogen (secondary N) is 1. The van der Waals surface area contributed by atoms with Crippen LogP contribution in [0.2, 0.25) is 0 Å². The van der Waals surface area contributed by atoms with E-state index >= 15 is 0 Å². The Morgan fingerprint density at radius 3 is 2.70 bits per heavy atom. The molecule has 1 aromatic carbocycles. The van der Waals surface area contributed by atoms with E-state index in [0.717, 1.165) is 49.8 Å². The van der Waals surface area contributed by atoms with Gasteiger partial charge in [-0.1, -0.05) is 0 Å². The van der Waals surface area contributed by atoms with Crippen molar-refractivity contribution in [2.24, 2.45) is 11.8 Å². The van der Waals surface area contributed by atoms with Gasteiger partial charge in [0, 0.05) is 18.7 Å². The summed E-state index contributed by atoms with van der Waals surface area (Å²) in [6, 6.07) is 7.43. The number of carbonyl (C=O) groups is 1. The second-order valence-corrected chi connectivity index (χ2v) is 6.02. The first kappa shape index (κ1) is 15.9. The number of hydrogen-bond acceptors (Lipinski definition) is 5. The highest BCUT2D eigenvalue weighted by atomic mass is 35.5. The number of halogens is 1. The Morgan fingerprint density at radius 2 is 1.96 bits per heavy atom. The molecule has 2 unspecified atom stereocenters. The third-order valence-electron chi connectivity index (χ3n) is 4.72. The van der Waals surface area contributed by atoms with Gasteiger partial charge in [0.2, 0.25) is 0 Å². The molecule has 23 heavy (non-hydrogen) atoms. The Balaban J connectivity index is 0.00000156. The molecule has 2 saturated heterocycles. The van der Waals surface area contributed by atoms with Crippen LogP contribution < -0.4 is 5.32 Å². The first-order valence-electron chi connectivity index (χ1n) is 7.64. The van der Waals surface area contributed by atoms with Crippen molar-refractivity contribution >= 4 is 18.3 Å². The maximum absolute atomic E-state index is 12.6. The SMILES string of the molecule is Cl.O=C(c1ccc(-n2cnnn2)cc1)N1CCC2CNCC2C1. The second-order valence-electron chi connectivity index (χ2n) is 6.02. The zero-order valence-corrected chi connectivity index (χ0v) is 13.4. The molecule has 0 spiro atoms. The number of tetrazole rings is 1. The van der Waals surface area contributed by atoms with Crippen LogP contribution in [0.3, 0.4) is 0 Å². The van der Waals surface area contributed by atoms with E-state index in [2.05, 4.69) is 20.8 Å². The summed E-state index contributed by atoms with van der Waals surface area (Å²) in [6.07, 6.45) is 2.64. The normalized spacial score (nSPS) is 23.2. The zero-order chi connectivity index (χ0) is 14.9. The molecule has 1 aromatic heterocycles. The van der Waals surface area contributed by atoms with Gasteiger partial charge in [0.15, 0.2) is 0 Å². The van der Waals surface area contributed by atoms with E-state index in [9.17, 15) is 4.79 Å². The summed E-state index contributed by atoms with van der Waals surface area (Å²) < 4.78 is 1.57. The second kappa shape index (κ2) is 6.64. The lowest BCUT2D eigenvalue weighted by atomic mass is 9.88. The molecule has 2 aliphatic rings. The molecular weight excluding hydrogens is 316 g/mol. The van der Waals surface area contributed by atoms with Crippen molar-refractivity contribution in [3.8, 4) is 5.69 Å². The van der Waals surface area contributed by atoms with Crippen molar-refractivity contribution in [1.82, 2.24) is 30.4 Å². The monoisotopic (exact) mass is 334 g/mol. The molecule has 0 bridgehead atoms. The van der Waals surface area contributed by atoms with E-state index < -0.39 is 0 Å². The van der Waals surface area contributed by atoms with E-state index in [4.69, 9.17) is 0 Å². The number of piperidine rings is 1. The average molecular weight is 335 g/mol. The number of aromatic nitrogens is 4. The molecule has 0 radical (unpaired) electrons. The molecule has 0 saturated carbocycles. The van der Waals surface area contributed by atoms with Crippen LogP contribution in [0.15, 0.2) is 30.6 Å². The molecule has 4 rings (SSSR count). The van der Waals surface area contributed by atoms with Crippen LogP contribution in [0.25, 0.3) is 5.69 Å². The van der Waals surface area contributed by atoms with Gasteiger partial charge < -0.3 is 10.2 Å². The number of nitrogens with zero attached hydrogens (tertiary/aromatic N) is 5. The molecule has 7 nitrogen and oxygen atoms in total. The number of hydrogen-bond donors (Lipinski definition) is 1. The summed E-state index contributed by atoms with van der Waals surface area (Å²) in [5.41, 5.74) is 1.57. The summed E-state index contributed by atoms with van der Waals surface area (Å²) in [4.78, 5) is 14.6. The molecule has 0 aliphatic carbocycles. The van der Waals surface area contributed by atoms with Crippen molar-refractivity contribution in [2.45, 2.75) is 6.42 Å². The van der Waals surface area contributed by atoms with E-state index in [1.807, 2.05) is 29.2 Å². The van der Waals surface area contributed by atoms with Crippen LogP contribution in [-0.4, -0.2) is 57.2 Å². The largest absolute Gasteiger partial charge is 0.338 e. The van der Waals surface area contributed by atoms with Crippen molar-refractivity contribution in [2.75, 3.05) is 26.2 Å². The number of fused-ring (bicyclic) bond motifs is 1. The fraction of sp³-hybridized carbons (Fsp3) is 0.467. The predicted molar refractivity (Wildman–Crippen MR) is 86.8 cm³/mol. The van der Waals surface area contributed by atoms with Crippen LogP contribution >= 0.6 is 12.4 Å². The van der Waals surface area contributed by atoms with Crippen molar-refractivity contribution < 1.29 is 4.79 Å². The van der Waals surface area contributed by atoms with Crippen molar-refractivity contribution in [3.05, 3.63) is 36.2 Å². The molecule has 3 heterocycles. The highest BCUT2D eigenvalue weighted by molar-refractivity contribution is 5.94. The highest BCUT2D eigenvalue weighted by Gasteiger charge is 2.34. The Hall–Kier alpha value is -1.99. The van der Waals surface area contributed by atoms with Crippen LogP contribution in [0.4, 0.5) is 0 Å². The zero-order valence-electron chi connectivity index (χ0n) is 12.6. The third-order valence-corrected chi connectivity index (χ3v) is 4.72. The Morgan fingerprint density at radius 1 is 1.17 bits per heavy atom. The smallest absolute Gasteiger partial charge is 0.253 e. The van der Waals surface area contributed by atoms with E-state index in [1.165, 1.54) is 6.33 Å². The van der Waals surface area contributed by atoms with E-state index in [0.29, 0.717) is 5.92 Å². The number of benzene rings is 1. The predicted octanol–water partition coefficient (Wildman–Crippen LogP) is 0.766. The van der Waals surface area contributed by atoms with Crippen LogP contribution in [0.1, 0.15) is 16.8 Å². The molecule has 122 valence electrons. The maximum atomic E-state index is 12.6. The summed E-state index contributed by atoms with van der Waals surface area (Å²) >= 11 is 0. The number of amides is 1. The average Bonchev–Trinajstić information content (AvgIpc) is 3.25. The van der Waals surface area contributed by atoms with Gasteiger partial charge in [0.1, 0.15) is 6.33 Å². The van der Waals surface area contributed by atoms with Gasteiger partial charge >= 0.3 is 0 Å². The minimum atomic E-state index is 0. The van der Waals surface area contributed by atoms with Crippen molar-refractivity contribution in [3.63, 3.8) is 0 Å². The van der Waals surface area contributed by atoms with Gasteiger partial charge in [-0.2, -0.15) is 0 Å². The van der Waals surface area contributed by atoms with Crippen LogP contribution in [0, 0.1) is 11.8 Å². The number of likely N-dealkylation sites (tertiary alicyclic amines) is 1. The van der Waals surface area contributed by atoms with E-state index in [-0.39, 0.29) is 18.3 Å². The summed E-state index contributed by atoms with van der Waals surface area (Å²) in [5, 5.41) is 14.5. The lowest BCUT2D eigenvalue weighted by Gasteiger charge is -2.34. The molecule has 2 atom stereocenters. The first-order valence-corrected chi connectivity index (χ1v) is 7.64. The van der Waals surface area contributed by atoms with E-state index in [1.54, 1.807) is 4.68 Å². The van der Waals surface area contributed by atoms with Gasteiger partial charge in [-0.25, -0.2) is 4.68 Å². The molecule has 2 aromatic rings. The van der Waals surface area contributed by atoms with Gasteiger partial charge in [-0.15, -0.1) is 17.5 Å². The Kier molecular flexibility index (Phi) is 4.58. The molecular formula is C15H19ClN6O. The van der Waals surface area contributed by atoms with Crippen LogP contribution in [0.5, 0.6) is 0 Å². The van der Waals surface area contributed by atoms with Crippen LogP contribution in [-0.2, 0) is 0 Å². The quantitative estimate of drug-likeness (QED) is 0.877. The van der Waals surface area contributed by atoms with Gasteiger partial charge in [0.05, 0.1) is 5.69 Å².